The van der Waals surface area contributed by atoms with Gasteiger partial charge in [0.05, 0.1) is 11.5 Å². The molecule has 1 saturated heterocycles. The van der Waals surface area contributed by atoms with E-state index in [1.165, 1.54) is 24.3 Å². The third-order valence-corrected chi connectivity index (χ3v) is 5.47. The highest BCUT2D eigenvalue weighted by molar-refractivity contribution is 7.92. The minimum Gasteiger partial charge on any atom is -0.394 e. The molecule has 0 aromatic heterocycles. The van der Waals surface area contributed by atoms with Crippen LogP contribution in [0.15, 0.2) is 35.2 Å². The van der Waals surface area contributed by atoms with E-state index in [9.17, 15) is 23.7 Å². The number of sulfone groups is 1. The molecule has 0 amide bonds. The first kappa shape index (κ1) is 15.4. The molecule has 1 aliphatic heterocycles. The number of hydrogen-bond acceptors (Lipinski definition) is 7. The Morgan fingerprint density at radius 2 is 1.65 bits per heavy atom. The molecular formula is C12H16O7S. The molecule has 8 heteroatoms. The standard InChI is InChI=1S/C12H16O7S/c13-6-8-9(14)11(10(15)12(16)19-8)20(17,18)7-4-2-1-3-5-7/h1-5,8-16H,6H2/t8-,9-,10-,11+,12?/m1/s1. The average molecular weight is 304 g/mol. The van der Waals surface area contributed by atoms with Gasteiger partial charge in [0.25, 0.3) is 0 Å². The number of benzene rings is 1. The molecule has 1 aromatic carbocycles. The summed E-state index contributed by atoms with van der Waals surface area (Å²) < 4.78 is 29.7. The summed E-state index contributed by atoms with van der Waals surface area (Å²) in [7, 11) is -4.09. The fourth-order valence-electron chi connectivity index (χ4n) is 2.20. The summed E-state index contributed by atoms with van der Waals surface area (Å²) in [4.78, 5) is -0.0890. The van der Waals surface area contributed by atoms with Gasteiger partial charge < -0.3 is 25.2 Å². The lowest BCUT2D eigenvalue weighted by Crippen LogP contribution is -2.61. The Hall–Kier alpha value is -1.03. The number of hydrogen-bond donors (Lipinski definition) is 4. The largest absolute Gasteiger partial charge is 0.394 e. The van der Waals surface area contributed by atoms with E-state index in [2.05, 4.69) is 0 Å². The minimum atomic E-state index is -4.09. The smallest absolute Gasteiger partial charge is 0.186 e. The van der Waals surface area contributed by atoms with Crippen LogP contribution >= 0.6 is 0 Å². The van der Waals surface area contributed by atoms with Gasteiger partial charge in [-0.05, 0) is 12.1 Å². The second-order valence-electron chi connectivity index (χ2n) is 4.55. The van der Waals surface area contributed by atoms with Crippen molar-refractivity contribution in [3.05, 3.63) is 30.3 Å². The molecule has 1 unspecified atom stereocenters. The fourth-order valence-corrected chi connectivity index (χ4v) is 4.10. The van der Waals surface area contributed by atoms with Crippen LogP contribution in [0.25, 0.3) is 0 Å². The summed E-state index contributed by atoms with van der Waals surface area (Å²) in [5, 5.41) is 36.7. The summed E-state index contributed by atoms with van der Waals surface area (Å²) in [6.07, 6.45) is -6.53. The van der Waals surface area contributed by atoms with Crippen molar-refractivity contribution in [1.82, 2.24) is 0 Å². The van der Waals surface area contributed by atoms with E-state index in [-0.39, 0.29) is 4.90 Å². The number of aliphatic hydroxyl groups is 4. The number of aliphatic hydroxyl groups excluding tert-OH is 4. The number of ether oxygens (including phenoxy) is 1. The Labute approximate surface area is 116 Å². The first-order chi connectivity index (χ1) is 9.39. The molecule has 7 nitrogen and oxygen atoms in total. The predicted octanol–water partition coefficient (Wildman–Crippen LogP) is -1.74. The molecule has 20 heavy (non-hydrogen) atoms. The van der Waals surface area contributed by atoms with Crippen LogP contribution in [0.5, 0.6) is 0 Å². The molecule has 1 fully saturated rings. The average Bonchev–Trinajstić information content (AvgIpc) is 2.44. The Morgan fingerprint density at radius 3 is 2.20 bits per heavy atom. The van der Waals surface area contributed by atoms with Crippen LogP contribution in [0, 0.1) is 0 Å². The van der Waals surface area contributed by atoms with Crippen LogP contribution in [-0.2, 0) is 14.6 Å². The molecule has 0 saturated carbocycles. The van der Waals surface area contributed by atoms with Crippen LogP contribution in [0.2, 0.25) is 0 Å². The van der Waals surface area contributed by atoms with Gasteiger partial charge >= 0.3 is 0 Å². The van der Waals surface area contributed by atoms with Gasteiger partial charge in [0.15, 0.2) is 16.1 Å². The zero-order chi connectivity index (χ0) is 14.9. The first-order valence-electron chi connectivity index (χ1n) is 5.99. The summed E-state index contributed by atoms with van der Waals surface area (Å²) in [5.74, 6) is 0. The van der Waals surface area contributed by atoms with E-state index >= 15 is 0 Å². The molecule has 1 aromatic rings. The summed E-state index contributed by atoms with van der Waals surface area (Å²) in [5.41, 5.74) is 0. The van der Waals surface area contributed by atoms with Crippen LogP contribution in [0.4, 0.5) is 0 Å². The Morgan fingerprint density at radius 1 is 1.05 bits per heavy atom. The molecule has 0 bridgehead atoms. The summed E-state index contributed by atoms with van der Waals surface area (Å²) in [6, 6.07) is 7.28. The van der Waals surface area contributed by atoms with Crippen molar-refractivity contribution in [1.29, 1.82) is 0 Å². The molecule has 4 N–H and O–H groups in total. The lowest BCUT2D eigenvalue weighted by atomic mass is 10.0. The molecule has 5 atom stereocenters. The zero-order valence-electron chi connectivity index (χ0n) is 10.4. The van der Waals surface area contributed by atoms with Gasteiger partial charge in [0.1, 0.15) is 23.6 Å². The maximum absolute atomic E-state index is 12.4. The molecular weight excluding hydrogens is 288 g/mol. The third-order valence-electron chi connectivity index (χ3n) is 3.27. The van der Waals surface area contributed by atoms with Crippen LogP contribution in [0.1, 0.15) is 0 Å². The van der Waals surface area contributed by atoms with Gasteiger partial charge in [0, 0.05) is 0 Å². The van der Waals surface area contributed by atoms with Gasteiger partial charge in [-0.1, -0.05) is 18.2 Å². The second kappa shape index (κ2) is 5.76. The maximum Gasteiger partial charge on any atom is 0.186 e. The van der Waals surface area contributed by atoms with Crippen LogP contribution in [0.3, 0.4) is 0 Å². The van der Waals surface area contributed by atoms with Crippen molar-refractivity contribution in [3.8, 4) is 0 Å². The highest BCUT2D eigenvalue weighted by atomic mass is 32.2. The van der Waals surface area contributed by atoms with E-state index in [4.69, 9.17) is 9.84 Å². The highest BCUT2D eigenvalue weighted by Crippen LogP contribution is 2.29. The van der Waals surface area contributed by atoms with Crippen LogP contribution in [-0.4, -0.2) is 65.3 Å². The molecule has 112 valence electrons. The quantitative estimate of drug-likeness (QED) is 0.522. The SMILES string of the molecule is O=S(=O)(c1ccccc1)[C@H]1[C@H](O)[C@@H](CO)OC(O)[C@@H]1O. The Balaban J connectivity index is 2.42. The molecule has 2 rings (SSSR count). The van der Waals surface area contributed by atoms with E-state index in [0.29, 0.717) is 0 Å². The first-order valence-corrected chi connectivity index (χ1v) is 7.53. The van der Waals surface area contributed by atoms with Crippen molar-refractivity contribution in [3.63, 3.8) is 0 Å². The van der Waals surface area contributed by atoms with Gasteiger partial charge in [-0.25, -0.2) is 8.42 Å². The van der Waals surface area contributed by atoms with Crippen molar-refractivity contribution in [2.24, 2.45) is 0 Å². The fraction of sp³-hybridized carbons (Fsp3) is 0.500. The lowest BCUT2D eigenvalue weighted by molar-refractivity contribution is -0.249. The van der Waals surface area contributed by atoms with E-state index in [1.54, 1.807) is 6.07 Å². The second-order valence-corrected chi connectivity index (χ2v) is 6.66. The molecule has 0 spiro atoms. The predicted molar refractivity (Wildman–Crippen MR) is 67.4 cm³/mol. The normalized spacial score (nSPS) is 34.9. The van der Waals surface area contributed by atoms with E-state index in [0.717, 1.165) is 0 Å². The summed E-state index contributed by atoms with van der Waals surface area (Å²) in [6.45, 7) is -0.675. The van der Waals surface area contributed by atoms with Gasteiger partial charge in [0.2, 0.25) is 0 Å². The monoisotopic (exact) mass is 304 g/mol. The Bertz CT molecular complexity index is 544. The molecule has 0 radical (unpaired) electrons. The molecule has 0 aliphatic carbocycles. The van der Waals surface area contributed by atoms with E-state index in [1.807, 2.05) is 0 Å². The van der Waals surface area contributed by atoms with Crippen molar-refractivity contribution in [2.45, 2.75) is 34.7 Å². The maximum atomic E-state index is 12.4. The lowest BCUT2D eigenvalue weighted by Gasteiger charge is -2.39. The number of rotatable bonds is 3. The van der Waals surface area contributed by atoms with Crippen molar-refractivity contribution < 1.29 is 33.6 Å². The zero-order valence-corrected chi connectivity index (χ0v) is 11.2. The molecule has 1 heterocycles. The van der Waals surface area contributed by atoms with Gasteiger partial charge in [-0.3, -0.25) is 0 Å². The van der Waals surface area contributed by atoms with Gasteiger partial charge in [-0.15, -0.1) is 0 Å². The Kier molecular flexibility index (Phi) is 4.43. The third kappa shape index (κ3) is 2.58. The van der Waals surface area contributed by atoms with Crippen molar-refractivity contribution in [2.75, 3.05) is 6.61 Å². The highest BCUT2D eigenvalue weighted by Gasteiger charge is 2.50. The van der Waals surface area contributed by atoms with Gasteiger partial charge in [-0.2, -0.15) is 0 Å². The minimum absolute atomic E-state index is 0.0890. The molecule has 1 aliphatic rings. The summed E-state index contributed by atoms with van der Waals surface area (Å²) >= 11 is 0. The van der Waals surface area contributed by atoms with E-state index < -0.39 is 46.3 Å². The topological polar surface area (TPSA) is 124 Å². The van der Waals surface area contributed by atoms with Crippen LogP contribution < -0.4 is 0 Å². The van der Waals surface area contributed by atoms with Crippen molar-refractivity contribution >= 4 is 9.84 Å².